The van der Waals surface area contributed by atoms with Crippen LogP contribution in [0.3, 0.4) is 0 Å². The van der Waals surface area contributed by atoms with E-state index in [0.29, 0.717) is 16.5 Å². The summed E-state index contributed by atoms with van der Waals surface area (Å²) < 4.78 is 18.6. The summed E-state index contributed by atoms with van der Waals surface area (Å²) in [7, 11) is 0. The molecule has 2 aromatic rings. The molecular formula is C13H9Cl2FN2O. The van der Waals surface area contributed by atoms with Crippen LogP contribution in [0.15, 0.2) is 36.4 Å². The van der Waals surface area contributed by atoms with Crippen molar-refractivity contribution in [3.05, 3.63) is 57.8 Å². The minimum Gasteiger partial charge on any atom is -0.456 e. The molecule has 0 heterocycles. The molecule has 3 nitrogen and oxygen atoms in total. The fourth-order valence-corrected chi connectivity index (χ4v) is 1.96. The summed E-state index contributed by atoms with van der Waals surface area (Å²) in [6.45, 7) is 0. The number of nitrogens with one attached hydrogen (secondary N) is 1. The molecule has 6 heteroatoms. The summed E-state index contributed by atoms with van der Waals surface area (Å²) in [5.41, 5.74) is 5.74. The molecule has 2 aromatic carbocycles. The fourth-order valence-electron chi connectivity index (χ4n) is 1.52. The number of nitrogen functional groups attached to an aromatic ring is 1. The molecule has 0 fully saturated rings. The molecule has 0 aliphatic heterocycles. The second-order valence-electron chi connectivity index (χ2n) is 3.70. The fraction of sp³-hybridized carbons (Fsp3) is 0. The van der Waals surface area contributed by atoms with E-state index in [4.69, 9.17) is 39.1 Å². The number of halogens is 3. The van der Waals surface area contributed by atoms with Crippen molar-refractivity contribution in [2.24, 2.45) is 5.73 Å². The molecule has 0 aliphatic carbocycles. The van der Waals surface area contributed by atoms with Gasteiger partial charge in [0.1, 0.15) is 23.2 Å². The highest BCUT2D eigenvalue weighted by atomic mass is 35.5. The van der Waals surface area contributed by atoms with E-state index in [2.05, 4.69) is 0 Å². The quantitative estimate of drug-likeness (QED) is 0.659. The zero-order chi connectivity index (χ0) is 14.0. The van der Waals surface area contributed by atoms with E-state index in [1.807, 2.05) is 0 Å². The first-order chi connectivity index (χ1) is 8.99. The second kappa shape index (κ2) is 5.47. The van der Waals surface area contributed by atoms with Gasteiger partial charge in [0, 0.05) is 6.07 Å². The molecule has 0 saturated heterocycles. The molecule has 98 valence electrons. The van der Waals surface area contributed by atoms with Crippen molar-refractivity contribution in [2.45, 2.75) is 0 Å². The van der Waals surface area contributed by atoms with Gasteiger partial charge in [-0.25, -0.2) is 4.39 Å². The van der Waals surface area contributed by atoms with Crippen molar-refractivity contribution in [1.82, 2.24) is 0 Å². The average molecular weight is 299 g/mol. The number of rotatable bonds is 3. The Bertz CT molecular complexity index is 647. The number of benzene rings is 2. The topological polar surface area (TPSA) is 59.1 Å². The van der Waals surface area contributed by atoms with Crippen LogP contribution in [0.5, 0.6) is 11.5 Å². The average Bonchev–Trinajstić information content (AvgIpc) is 2.33. The molecule has 0 aromatic heterocycles. The van der Waals surface area contributed by atoms with E-state index < -0.39 is 5.82 Å². The molecule has 0 amide bonds. The van der Waals surface area contributed by atoms with Gasteiger partial charge in [-0.2, -0.15) is 0 Å². The molecule has 0 spiro atoms. The van der Waals surface area contributed by atoms with Crippen LogP contribution in [0.1, 0.15) is 5.56 Å². The first kappa shape index (κ1) is 13.6. The lowest BCUT2D eigenvalue weighted by atomic mass is 10.2. The Morgan fingerprint density at radius 3 is 2.53 bits per heavy atom. The van der Waals surface area contributed by atoms with Crippen LogP contribution in [0.25, 0.3) is 0 Å². The molecular weight excluding hydrogens is 290 g/mol. The highest BCUT2D eigenvalue weighted by Crippen LogP contribution is 2.31. The molecule has 0 unspecified atom stereocenters. The molecule has 0 atom stereocenters. The predicted octanol–water partition coefficient (Wildman–Crippen LogP) is 4.21. The Morgan fingerprint density at radius 2 is 1.89 bits per heavy atom. The van der Waals surface area contributed by atoms with Crippen molar-refractivity contribution < 1.29 is 9.13 Å². The second-order valence-corrected chi connectivity index (χ2v) is 4.52. The summed E-state index contributed by atoms with van der Waals surface area (Å²) in [5, 5.41) is 7.74. The lowest BCUT2D eigenvalue weighted by Gasteiger charge is -2.11. The first-order valence-electron chi connectivity index (χ1n) is 5.25. The Balaban J connectivity index is 2.40. The SMILES string of the molecule is N=C(N)c1c(Cl)cccc1Oc1ccc(F)c(Cl)c1. The number of nitrogens with two attached hydrogens (primary N) is 1. The van der Waals surface area contributed by atoms with E-state index in [0.717, 1.165) is 0 Å². The van der Waals surface area contributed by atoms with Gasteiger partial charge in [-0.15, -0.1) is 0 Å². The lowest BCUT2D eigenvalue weighted by Crippen LogP contribution is -2.13. The summed E-state index contributed by atoms with van der Waals surface area (Å²) in [5.74, 6) is -0.112. The molecule has 3 N–H and O–H groups in total. The van der Waals surface area contributed by atoms with Crippen LogP contribution >= 0.6 is 23.2 Å². The van der Waals surface area contributed by atoms with Gasteiger partial charge in [0.05, 0.1) is 15.6 Å². The van der Waals surface area contributed by atoms with Gasteiger partial charge < -0.3 is 10.5 Å². The van der Waals surface area contributed by atoms with Crippen LogP contribution < -0.4 is 10.5 Å². The predicted molar refractivity (Wildman–Crippen MR) is 74.0 cm³/mol. The number of amidine groups is 1. The third kappa shape index (κ3) is 2.97. The third-order valence-electron chi connectivity index (χ3n) is 2.36. The van der Waals surface area contributed by atoms with E-state index >= 15 is 0 Å². The van der Waals surface area contributed by atoms with Crippen LogP contribution in [-0.4, -0.2) is 5.84 Å². The Morgan fingerprint density at radius 1 is 1.16 bits per heavy atom. The Kier molecular flexibility index (Phi) is 3.93. The zero-order valence-corrected chi connectivity index (χ0v) is 11.1. The van der Waals surface area contributed by atoms with Gasteiger partial charge >= 0.3 is 0 Å². The van der Waals surface area contributed by atoms with Crippen molar-refractivity contribution in [2.75, 3.05) is 0 Å². The van der Waals surface area contributed by atoms with Crippen LogP contribution in [0.2, 0.25) is 10.0 Å². The van der Waals surface area contributed by atoms with Crippen molar-refractivity contribution >= 4 is 29.0 Å². The van der Waals surface area contributed by atoms with E-state index in [-0.39, 0.29) is 16.4 Å². The van der Waals surface area contributed by atoms with Crippen molar-refractivity contribution in [3.63, 3.8) is 0 Å². The smallest absolute Gasteiger partial charge is 0.142 e. The third-order valence-corrected chi connectivity index (χ3v) is 2.97. The lowest BCUT2D eigenvalue weighted by molar-refractivity contribution is 0.479. The number of hydrogen-bond acceptors (Lipinski definition) is 2. The Labute approximate surface area is 119 Å². The minimum absolute atomic E-state index is 0.0519. The van der Waals surface area contributed by atoms with E-state index in [1.165, 1.54) is 18.2 Å². The molecule has 2 rings (SSSR count). The standard InChI is InChI=1S/C13H9Cl2FN2O/c14-8-2-1-3-11(12(8)13(17)18)19-7-4-5-10(16)9(15)6-7/h1-6H,(H3,17,18). The van der Waals surface area contributed by atoms with Gasteiger partial charge in [-0.3, -0.25) is 5.41 Å². The largest absolute Gasteiger partial charge is 0.456 e. The van der Waals surface area contributed by atoms with E-state index in [9.17, 15) is 4.39 Å². The zero-order valence-electron chi connectivity index (χ0n) is 9.58. The van der Waals surface area contributed by atoms with Crippen LogP contribution in [-0.2, 0) is 0 Å². The van der Waals surface area contributed by atoms with Crippen molar-refractivity contribution in [3.8, 4) is 11.5 Å². The normalized spacial score (nSPS) is 10.3. The van der Waals surface area contributed by atoms with Crippen LogP contribution in [0, 0.1) is 11.2 Å². The number of ether oxygens (including phenoxy) is 1. The van der Waals surface area contributed by atoms with Crippen LogP contribution in [0.4, 0.5) is 4.39 Å². The van der Waals surface area contributed by atoms with Gasteiger partial charge in [-0.05, 0) is 24.3 Å². The minimum atomic E-state index is -0.535. The summed E-state index contributed by atoms with van der Waals surface area (Å²) in [4.78, 5) is 0. The highest BCUT2D eigenvalue weighted by Gasteiger charge is 2.12. The Hall–Kier alpha value is -1.78. The summed E-state index contributed by atoms with van der Waals surface area (Å²) >= 11 is 11.6. The van der Waals surface area contributed by atoms with Crippen molar-refractivity contribution in [1.29, 1.82) is 5.41 Å². The van der Waals surface area contributed by atoms with Gasteiger partial charge in [0.2, 0.25) is 0 Å². The monoisotopic (exact) mass is 298 g/mol. The van der Waals surface area contributed by atoms with E-state index in [1.54, 1.807) is 18.2 Å². The summed E-state index contributed by atoms with van der Waals surface area (Å²) in [6.07, 6.45) is 0. The first-order valence-corrected chi connectivity index (χ1v) is 6.00. The highest BCUT2D eigenvalue weighted by molar-refractivity contribution is 6.34. The molecule has 0 radical (unpaired) electrons. The molecule has 0 bridgehead atoms. The maximum absolute atomic E-state index is 13.0. The molecule has 19 heavy (non-hydrogen) atoms. The number of hydrogen-bond donors (Lipinski definition) is 2. The van der Waals surface area contributed by atoms with Gasteiger partial charge in [-0.1, -0.05) is 29.3 Å². The van der Waals surface area contributed by atoms with Gasteiger partial charge in [0.15, 0.2) is 0 Å². The molecule has 0 aliphatic rings. The van der Waals surface area contributed by atoms with Gasteiger partial charge in [0.25, 0.3) is 0 Å². The molecule has 0 saturated carbocycles. The maximum Gasteiger partial charge on any atom is 0.142 e. The maximum atomic E-state index is 13.0. The summed E-state index contributed by atoms with van der Waals surface area (Å²) in [6, 6.07) is 8.82.